The van der Waals surface area contributed by atoms with Crippen molar-refractivity contribution in [3.8, 4) is 0 Å². The van der Waals surface area contributed by atoms with Crippen LogP contribution in [0.4, 0.5) is 0 Å². The topological polar surface area (TPSA) is 30.7 Å². The molecular weight excluding hydrogens is 302 g/mol. The first-order valence-corrected chi connectivity index (χ1v) is 8.52. The maximum absolute atomic E-state index is 5.94. The molecule has 0 atom stereocenters. The van der Waals surface area contributed by atoms with Gasteiger partial charge in [-0.25, -0.2) is 9.97 Å². The van der Waals surface area contributed by atoms with E-state index in [2.05, 4.69) is 41.6 Å². The Labute approximate surface area is 133 Å². The predicted molar refractivity (Wildman–Crippen MR) is 89.5 cm³/mol. The van der Waals surface area contributed by atoms with Crippen molar-refractivity contribution in [2.24, 2.45) is 0 Å². The highest BCUT2D eigenvalue weighted by atomic mass is 35.5. The molecule has 21 heavy (non-hydrogen) atoms. The van der Waals surface area contributed by atoms with Crippen molar-refractivity contribution >= 4 is 34.0 Å². The van der Waals surface area contributed by atoms with E-state index in [4.69, 9.17) is 16.6 Å². The first-order chi connectivity index (χ1) is 10.2. The summed E-state index contributed by atoms with van der Waals surface area (Å²) in [6.45, 7) is 5.03. The van der Waals surface area contributed by atoms with Crippen molar-refractivity contribution < 1.29 is 0 Å². The first kappa shape index (κ1) is 14.5. The quantitative estimate of drug-likeness (QED) is 0.660. The van der Waals surface area contributed by atoms with Crippen LogP contribution in [0.15, 0.2) is 24.4 Å². The van der Waals surface area contributed by atoms with Gasteiger partial charge in [0.1, 0.15) is 10.8 Å². The summed E-state index contributed by atoms with van der Waals surface area (Å²) >= 11 is 7.72. The second kappa shape index (κ2) is 6.16. The van der Waals surface area contributed by atoms with Gasteiger partial charge >= 0.3 is 0 Å². The van der Waals surface area contributed by atoms with Gasteiger partial charge in [-0.15, -0.1) is 22.9 Å². The summed E-state index contributed by atoms with van der Waals surface area (Å²) in [6.07, 6.45) is 3.79. The molecule has 3 aromatic rings. The summed E-state index contributed by atoms with van der Waals surface area (Å²) < 4.78 is 2.25. The number of fused-ring (bicyclic) bond motifs is 1. The Bertz CT molecular complexity index is 760. The van der Waals surface area contributed by atoms with E-state index < -0.39 is 0 Å². The lowest BCUT2D eigenvalue weighted by Crippen LogP contribution is -2.05. The van der Waals surface area contributed by atoms with Crippen LogP contribution in [0.3, 0.4) is 0 Å². The molecule has 0 saturated carbocycles. The second-order valence-electron chi connectivity index (χ2n) is 5.07. The number of imidazole rings is 1. The maximum Gasteiger partial charge on any atom is 0.113 e. The molecule has 0 amide bonds. The lowest BCUT2D eigenvalue weighted by atomic mass is 10.2. The van der Waals surface area contributed by atoms with E-state index in [0.717, 1.165) is 35.7 Å². The Morgan fingerprint density at radius 3 is 2.90 bits per heavy atom. The van der Waals surface area contributed by atoms with E-state index >= 15 is 0 Å². The zero-order valence-corrected chi connectivity index (χ0v) is 13.8. The van der Waals surface area contributed by atoms with Crippen molar-refractivity contribution in [2.75, 3.05) is 5.88 Å². The molecule has 2 aromatic heterocycles. The van der Waals surface area contributed by atoms with Crippen molar-refractivity contribution in [1.29, 1.82) is 0 Å². The number of hydrogen-bond donors (Lipinski definition) is 0. The molecule has 0 spiro atoms. The summed E-state index contributed by atoms with van der Waals surface area (Å²) in [7, 11) is 0. The summed E-state index contributed by atoms with van der Waals surface area (Å²) in [5.41, 5.74) is 3.45. The zero-order valence-electron chi connectivity index (χ0n) is 12.3. The van der Waals surface area contributed by atoms with Crippen LogP contribution in [0, 0.1) is 6.92 Å². The molecule has 0 fully saturated rings. The molecule has 3 nitrogen and oxygen atoms in total. The van der Waals surface area contributed by atoms with Crippen LogP contribution < -0.4 is 0 Å². The molecule has 2 heterocycles. The molecule has 0 aliphatic rings. The summed E-state index contributed by atoms with van der Waals surface area (Å²) in [5, 5.41) is 1.13. The third-order valence-corrected chi connectivity index (χ3v) is 4.94. The van der Waals surface area contributed by atoms with Gasteiger partial charge in [0, 0.05) is 23.4 Å². The van der Waals surface area contributed by atoms with Gasteiger partial charge in [0.15, 0.2) is 0 Å². The van der Waals surface area contributed by atoms with Crippen molar-refractivity contribution in [2.45, 2.75) is 33.2 Å². The standard InChI is InChI=1S/C16H18ClN3S/c1-3-12-9-18-15(21-12)10-20-13-6-4-5-11(2)16(13)19-14(20)7-8-17/h4-6,9H,3,7-8,10H2,1-2H3. The number of benzene rings is 1. The number of aromatic nitrogens is 3. The third kappa shape index (κ3) is 2.83. The smallest absolute Gasteiger partial charge is 0.113 e. The Balaban J connectivity index is 2.06. The fraction of sp³-hybridized carbons (Fsp3) is 0.375. The van der Waals surface area contributed by atoms with Crippen LogP contribution in [0.2, 0.25) is 0 Å². The van der Waals surface area contributed by atoms with Crippen molar-refractivity contribution in [3.63, 3.8) is 0 Å². The van der Waals surface area contributed by atoms with Crippen LogP contribution >= 0.6 is 22.9 Å². The molecule has 0 bridgehead atoms. The monoisotopic (exact) mass is 319 g/mol. The van der Waals surface area contributed by atoms with Crippen LogP contribution in [0.1, 0.15) is 28.2 Å². The third-order valence-electron chi connectivity index (χ3n) is 3.62. The van der Waals surface area contributed by atoms with Gasteiger partial charge in [-0.2, -0.15) is 0 Å². The number of halogens is 1. The Morgan fingerprint density at radius 1 is 1.33 bits per heavy atom. The van der Waals surface area contributed by atoms with Crippen LogP contribution in [0.5, 0.6) is 0 Å². The van der Waals surface area contributed by atoms with Gasteiger partial charge in [-0.05, 0) is 25.0 Å². The van der Waals surface area contributed by atoms with E-state index in [9.17, 15) is 0 Å². The lowest BCUT2D eigenvalue weighted by molar-refractivity contribution is 0.750. The second-order valence-corrected chi connectivity index (χ2v) is 6.65. The van der Waals surface area contributed by atoms with Crippen molar-refractivity contribution in [1.82, 2.24) is 14.5 Å². The van der Waals surface area contributed by atoms with Gasteiger partial charge in [-0.1, -0.05) is 19.1 Å². The van der Waals surface area contributed by atoms with Crippen LogP contribution in [-0.2, 0) is 19.4 Å². The minimum atomic E-state index is 0.584. The zero-order chi connectivity index (χ0) is 14.8. The number of nitrogens with zero attached hydrogens (tertiary/aromatic N) is 3. The first-order valence-electron chi connectivity index (χ1n) is 7.17. The Morgan fingerprint density at radius 2 is 2.19 bits per heavy atom. The maximum atomic E-state index is 5.94. The van der Waals surface area contributed by atoms with E-state index in [1.54, 1.807) is 11.3 Å². The molecular formula is C16H18ClN3S. The van der Waals surface area contributed by atoms with E-state index in [0.29, 0.717) is 5.88 Å². The average molecular weight is 320 g/mol. The molecule has 0 N–H and O–H groups in total. The van der Waals surface area contributed by atoms with E-state index in [-0.39, 0.29) is 0 Å². The summed E-state index contributed by atoms with van der Waals surface area (Å²) in [4.78, 5) is 10.6. The summed E-state index contributed by atoms with van der Waals surface area (Å²) in [5.74, 6) is 1.63. The fourth-order valence-corrected chi connectivity index (χ4v) is 3.53. The minimum absolute atomic E-state index is 0.584. The Hall–Kier alpha value is -1.39. The molecule has 0 saturated heterocycles. The van der Waals surface area contributed by atoms with Crippen LogP contribution in [-0.4, -0.2) is 20.4 Å². The molecule has 1 aromatic carbocycles. The molecule has 5 heteroatoms. The molecule has 0 aliphatic carbocycles. The minimum Gasteiger partial charge on any atom is -0.321 e. The number of thiazole rings is 1. The fourth-order valence-electron chi connectivity index (χ4n) is 2.51. The molecule has 110 valence electrons. The van der Waals surface area contributed by atoms with E-state index in [1.807, 2.05) is 6.20 Å². The highest BCUT2D eigenvalue weighted by Crippen LogP contribution is 2.23. The SMILES string of the molecule is CCc1cnc(Cn2c(CCCl)nc3c(C)cccc32)s1. The number of alkyl halides is 1. The van der Waals surface area contributed by atoms with Gasteiger partial charge in [0.05, 0.1) is 17.6 Å². The van der Waals surface area contributed by atoms with Gasteiger partial charge in [0.2, 0.25) is 0 Å². The van der Waals surface area contributed by atoms with E-state index in [1.165, 1.54) is 16.0 Å². The largest absolute Gasteiger partial charge is 0.321 e. The number of rotatable bonds is 5. The lowest BCUT2D eigenvalue weighted by Gasteiger charge is -2.06. The molecule has 0 aliphatic heterocycles. The number of aryl methyl sites for hydroxylation is 3. The normalized spacial score (nSPS) is 11.4. The van der Waals surface area contributed by atoms with Crippen molar-refractivity contribution in [3.05, 3.63) is 45.7 Å². The average Bonchev–Trinajstić information content (AvgIpc) is 3.07. The Kier molecular flexibility index (Phi) is 4.27. The molecule has 0 unspecified atom stereocenters. The highest BCUT2D eigenvalue weighted by molar-refractivity contribution is 7.11. The van der Waals surface area contributed by atoms with Gasteiger partial charge in [0.25, 0.3) is 0 Å². The van der Waals surface area contributed by atoms with Gasteiger partial charge < -0.3 is 4.57 Å². The molecule has 0 radical (unpaired) electrons. The molecule has 3 rings (SSSR count). The summed E-state index contributed by atoms with van der Waals surface area (Å²) in [6, 6.07) is 6.31. The number of para-hydroxylation sites is 1. The predicted octanol–water partition coefficient (Wildman–Crippen LogP) is 4.19. The highest BCUT2D eigenvalue weighted by Gasteiger charge is 2.13. The number of hydrogen-bond acceptors (Lipinski definition) is 3. The van der Waals surface area contributed by atoms with Crippen LogP contribution in [0.25, 0.3) is 11.0 Å². The van der Waals surface area contributed by atoms with Gasteiger partial charge in [-0.3, -0.25) is 0 Å².